The van der Waals surface area contributed by atoms with Crippen LogP contribution in [0.2, 0.25) is 0 Å². The van der Waals surface area contributed by atoms with Gasteiger partial charge < -0.3 is 10.4 Å². The predicted octanol–water partition coefficient (Wildman–Crippen LogP) is 2.20. The Morgan fingerprint density at radius 1 is 1.35 bits per heavy atom. The zero-order valence-corrected chi connectivity index (χ0v) is 11.3. The molecule has 7 heteroatoms. The third kappa shape index (κ3) is 3.48. The van der Waals surface area contributed by atoms with Gasteiger partial charge in [-0.2, -0.15) is 0 Å². The Balaban J connectivity index is 2.15. The van der Waals surface area contributed by atoms with E-state index in [9.17, 15) is 9.59 Å². The molecule has 1 amide bonds. The summed E-state index contributed by atoms with van der Waals surface area (Å²) in [5.41, 5.74) is 1.35. The van der Waals surface area contributed by atoms with Crippen molar-refractivity contribution in [1.29, 1.82) is 0 Å². The number of carbonyl (C=O) groups is 2. The fourth-order valence-corrected chi connectivity index (χ4v) is 2.45. The molecular weight excluding hydrogens is 278 g/mol. The number of aliphatic carboxylic acids is 1. The molecule has 0 saturated heterocycles. The van der Waals surface area contributed by atoms with Gasteiger partial charge in [-0.05, 0) is 24.6 Å². The number of amides is 1. The van der Waals surface area contributed by atoms with Gasteiger partial charge in [0, 0.05) is 11.0 Å². The van der Waals surface area contributed by atoms with E-state index in [1.807, 2.05) is 6.92 Å². The second-order valence-corrected chi connectivity index (χ2v) is 4.99. The van der Waals surface area contributed by atoms with Crippen molar-refractivity contribution < 1.29 is 14.7 Å². The second kappa shape index (κ2) is 6.07. The highest BCUT2D eigenvalue weighted by Crippen LogP contribution is 2.24. The van der Waals surface area contributed by atoms with Gasteiger partial charge in [0.15, 0.2) is 0 Å². The largest absolute Gasteiger partial charge is 0.478 e. The van der Waals surface area contributed by atoms with Gasteiger partial charge in [0.05, 0.1) is 23.0 Å². The van der Waals surface area contributed by atoms with Crippen molar-refractivity contribution in [1.82, 2.24) is 9.97 Å². The predicted molar refractivity (Wildman–Crippen MR) is 75.7 cm³/mol. The Morgan fingerprint density at radius 3 is 2.70 bits per heavy atom. The SMILES string of the molecule is Cc1cc(C(=O)Nc2cncnc2)sc1/C=C/C(=O)O. The van der Waals surface area contributed by atoms with E-state index in [0.29, 0.717) is 10.6 Å². The molecule has 0 saturated carbocycles. The van der Waals surface area contributed by atoms with Crippen LogP contribution < -0.4 is 5.32 Å². The van der Waals surface area contributed by atoms with Crippen molar-refractivity contribution in [2.45, 2.75) is 6.92 Å². The fraction of sp³-hybridized carbons (Fsp3) is 0.0769. The molecule has 2 rings (SSSR count). The Kier molecular flexibility index (Phi) is 4.21. The maximum Gasteiger partial charge on any atom is 0.328 e. The monoisotopic (exact) mass is 289 g/mol. The van der Waals surface area contributed by atoms with E-state index in [-0.39, 0.29) is 5.91 Å². The van der Waals surface area contributed by atoms with Crippen LogP contribution in [0.1, 0.15) is 20.1 Å². The molecule has 0 atom stereocenters. The van der Waals surface area contributed by atoms with E-state index < -0.39 is 5.97 Å². The Bertz CT molecular complexity index is 665. The van der Waals surface area contributed by atoms with Crippen LogP contribution in [-0.4, -0.2) is 27.0 Å². The zero-order valence-electron chi connectivity index (χ0n) is 10.5. The second-order valence-electron chi connectivity index (χ2n) is 3.91. The quantitative estimate of drug-likeness (QED) is 0.842. The first kappa shape index (κ1) is 13.9. The van der Waals surface area contributed by atoms with Gasteiger partial charge in [-0.3, -0.25) is 4.79 Å². The Morgan fingerprint density at radius 2 is 2.05 bits per heavy atom. The lowest BCUT2D eigenvalue weighted by molar-refractivity contribution is -0.131. The Labute approximate surface area is 118 Å². The Hall–Kier alpha value is -2.54. The lowest BCUT2D eigenvalue weighted by Crippen LogP contribution is -2.10. The van der Waals surface area contributed by atoms with Crippen LogP contribution >= 0.6 is 11.3 Å². The molecule has 0 bridgehead atoms. The summed E-state index contributed by atoms with van der Waals surface area (Å²) in [6.45, 7) is 1.82. The summed E-state index contributed by atoms with van der Waals surface area (Å²) in [4.78, 5) is 31.4. The lowest BCUT2D eigenvalue weighted by atomic mass is 10.2. The zero-order chi connectivity index (χ0) is 14.5. The summed E-state index contributed by atoms with van der Waals surface area (Å²) in [5.74, 6) is -1.30. The molecule has 2 N–H and O–H groups in total. The number of hydrogen-bond acceptors (Lipinski definition) is 5. The molecule has 0 aliphatic rings. The number of hydrogen-bond donors (Lipinski definition) is 2. The van der Waals surface area contributed by atoms with Gasteiger partial charge in [0.25, 0.3) is 5.91 Å². The smallest absolute Gasteiger partial charge is 0.328 e. The topological polar surface area (TPSA) is 92.2 Å². The van der Waals surface area contributed by atoms with Gasteiger partial charge in [-0.15, -0.1) is 11.3 Å². The van der Waals surface area contributed by atoms with Crippen LogP contribution in [0.3, 0.4) is 0 Å². The van der Waals surface area contributed by atoms with Gasteiger partial charge in [0.2, 0.25) is 0 Å². The molecular formula is C13H11N3O3S. The van der Waals surface area contributed by atoms with Crippen molar-refractivity contribution in [3.05, 3.63) is 46.2 Å². The molecule has 0 aliphatic carbocycles. The van der Waals surface area contributed by atoms with Crippen molar-refractivity contribution in [3.8, 4) is 0 Å². The summed E-state index contributed by atoms with van der Waals surface area (Å²) in [5, 5.41) is 11.3. The highest BCUT2D eigenvalue weighted by molar-refractivity contribution is 7.15. The number of nitrogens with one attached hydrogen (secondary N) is 1. The summed E-state index contributed by atoms with van der Waals surface area (Å²) < 4.78 is 0. The minimum atomic E-state index is -1.02. The number of carboxylic acid groups (broad SMARTS) is 1. The van der Waals surface area contributed by atoms with Gasteiger partial charge in [-0.25, -0.2) is 14.8 Å². The molecule has 0 unspecified atom stereocenters. The molecule has 0 spiro atoms. The molecule has 2 heterocycles. The molecule has 2 aromatic heterocycles. The highest BCUT2D eigenvalue weighted by atomic mass is 32.1. The number of aryl methyl sites for hydroxylation is 1. The first-order chi connectivity index (χ1) is 9.56. The van der Waals surface area contributed by atoms with E-state index in [0.717, 1.165) is 16.5 Å². The van der Waals surface area contributed by atoms with E-state index in [1.165, 1.54) is 36.1 Å². The normalized spacial score (nSPS) is 10.7. The summed E-state index contributed by atoms with van der Waals surface area (Å²) in [6, 6.07) is 1.71. The van der Waals surface area contributed by atoms with Crippen LogP contribution in [0.5, 0.6) is 0 Å². The van der Waals surface area contributed by atoms with E-state index in [1.54, 1.807) is 6.07 Å². The minimum Gasteiger partial charge on any atom is -0.478 e. The number of nitrogens with zero attached hydrogens (tertiary/aromatic N) is 2. The average Bonchev–Trinajstić information content (AvgIpc) is 2.79. The van der Waals surface area contributed by atoms with Crippen molar-refractivity contribution in [2.75, 3.05) is 5.32 Å². The van der Waals surface area contributed by atoms with E-state index in [2.05, 4.69) is 15.3 Å². The summed E-state index contributed by atoms with van der Waals surface area (Å²) >= 11 is 1.23. The van der Waals surface area contributed by atoms with Crippen LogP contribution in [0.25, 0.3) is 6.08 Å². The number of carbonyl (C=O) groups excluding carboxylic acids is 1. The minimum absolute atomic E-state index is 0.275. The lowest BCUT2D eigenvalue weighted by Gasteiger charge is -2.00. The van der Waals surface area contributed by atoms with Crippen LogP contribution in [0.4, 0.5) is 5.69 Å². The van der Waals surface area contributed by atoms with E-state index in [4.69, 9.17) is 5.11 Å². The third-order valence-corrected chi connectivity index (χ3v) is 3.58. The number of aromatic nitrogens is 2. The number of rotatable bonds is 4. The maximum atomic E-state index is 12.0. The van der Waals surface area contributed by atoms with Crippen molar-refractivity contribution in [2.24, 2.45) is 0 Å². The van der Waals surface area contributed by atoms with Crippen LogP contribution in [-0.2, 0) is 4.79 Å². The fourth-order valence-electron chi connectivity index (χ4n) is 1.48. The molecule has 20 heavy (non-hydrogen) atoms. The molecule has 6 nitrogen and oxygen atoms in total. The summed E-state index contributed by atoms with van der Waals surface area (Å²) in [6.07, 6.45) is 6.89. The van der Waals surface area contributed by atoms with Gasteiger partial charge in [-0.1, -0.05) is 0 Å². The first-order valence-corrected chi connectivity index (χ1v) is 6.45. The van der Waals surface area contributed by atoms with Gasteiger partial charge >= 0.3 is 5.97 Å². The molecule has 0 aliphatic heterocycles. The third-order valence-electron chi connectivity index (χ3n) is 2.38. The van der Waals surface area contributed by atoms with Gasteiger partial charge in [0.1, 0.15) is 6.33 Å². The highest BCUT2D eigenvalue weighted by Gasteiger charge is 2.11. The number of carboxylic acids is 1. The van der Waals surface area contributed by atoms with Crippen LogP contribution in [0.15, 0.2) is 30.9 Å². The number of anilines is 1. The molecule has 2 aromatic rings. The van der Waals surface area contributed by atoms with Crippen molar-refractivity contribution >= 4 is 35.0 Å². The maximum absolute atomic E-state index is 12.0. The molecule has 102 valence electrons. The standard InChI is InChI=1S/C13H11N3O3S/c1-8-4-11(20-10(8)2-3-12(17)18)13(19)16-9-5-14-7-15-6-9/h2-7H,1H3,(H,16,19)(H,17,18)/b3-2+. The summed E-state index contributed by atoms with van der Waals surface area (Å²) in [7, 11) is 0. The molecule has 0 fully saturated rings. The van der Waals surface area contributed by atoms with E-state index >= 15 is 0 Å². The molecule has 0 aromatic carbocycles. The molecule has 0 radical (unpaired) electrons. The van der Waals surface area contributed by atoms with Crippen LogP contribution in [0, 0.1) is 6.92 Å². The first-order valence-electron chi connectivity index (χ1n) is 5.64. The number of thiophene rings is 1. The van der Waals surface area contributed by atoms with Crippen molar-refractivity contribution in [3.63, 3.8) is 0 Å². The average molecular weight is 289 g/mol.